The highest BCUT2D eigenvalue weighted by molar-refractivity contribution is 9.10. The molecule has 0 aromatic heterocycles. The minimum Gasteiger partial charge on any atom is -0.493 e. The molecule has 0 unspecified atom stereocenters. The molecule has 0 saturated carbocycles. The molecule has 1 N–H and O–H groups in total. The molecule has 0 heterocycles. The summed E-state index contributed by atoms with van der Waals surface area (Å²) in [5, 5.41) is 2.87. The molecule has 0 fully saturated rings. The minimum atomic E-state index is -0.208. The number of amides is 1. The molecule has 0 spiro atoms. The molecule has 0 aliphatic carbocycles. The van der Waals surface area contributed by atoms with Crippen molar-refractivity contribution in [1.29, 1.82) is 0 Å². The molecular formula is C24H31BrN2O3. The molecule has 2 aromatic rings. The average Bonchev–Trinajstić information content (AvgIpc) is 2.70. The highest BCUT2D eigenvalue weighted by atomic mass is 79.9. The van der Waals surface area contributed by atoms with E-state index >= 15 is 0 Å². The largest absolute Gasteiger partial charge is 0.493 e. The van der Waals surface area contributed by atoms with Crippen molar-refractivity contribution in [2.24, 2.45) is 0 Å². The molecule has 1 amide bonds. The maximum Gasteiger partial charge on any atom is 0.248 e. The summed E-state index contributed by atoms with van der Waals surface area (Å²) in [6, 6.07) is 14.0. The lowest BCUT2D eigenvalue weighted by molar-refractivity contribution is -0.111. The number of nitrogens with zero attached hydrogens (tertiary/aromatic N) is 1. The monoisotopic (exact) mass is 474 g/mol. The number of halogens is 1. The van der Waals surface area contributed by atoms with Crippen molar-refractivity contribution in [2.75, 3.05) is 25.6 Å². The maximum atomic E-state index is 12.3. The van der Waals surface area contributed by atoms with Crippen LogP contribution in [0, 0.1) is 0 Å². The van der Waals surface area contributed by atoms with Crippen LogP contribution in [0.2, 0.25) is 0 Å². The quantitative estimate of drug-likeness (QED) is 0.454. The van der Waals surface area contributed by atoms with Crippen molar-refractivity contribution < 1.29 is 14.3 Å². The fourth-order valence-electron chi connectivity index (χ4n) is 3.17. The summed E-state index contributed by atoms with van der Waals surface area (Å²) >= 11 is 3.40. The standard InChI is InChI=1S/C24H31BrN2O3/c1-17(2)27(18(3)4)14-15-30-23-16-21(11-12-22(23)29-5)26-24(28)13-8-19-6-9-20(25)10-7-19/h6-13,16-18H,14-15H2,1-5H3,(H,26,28)/b13-8+. The number of rotatable bonds is 10. The van der Waals surface area contributed by atoms with E-state index < -0.39 is 0 Å². The van der Waals surface area contributed by atoms with Gasteiger partial charge in [0.2, 0.25) is 5.91 Å². The number of benzene rings is 2. The van der Waals surface area contributed by atoms with Gasteiger partial charge in [0.15, 0.2) is 11.5 Å². The lowest BCUT2D eigenvalue weighted by Crippen LogP contribution is -2.39. The molecule has 0 aliphatic heterocycles. The maximum absolute atomic E-state index is 12.3. The van der Waals surface area contributed by atoms with Crippen molar-refractivity contribution in [1.82, 2.24) is 4.90 Å². The first-order valence-corrected chi connectivity index (χ1v) is 10.9. The van der Waals surface area contributed by atoms with Crippen LogP contribution >= 0.6 is 15.9 Å². The zero-order valence-corrected chi connectivity index (χ0v) is 19.9. The Morgan fingerprint density at radius 1 is 1.07 bits per heavy atom. The van der Waals surface area contributed by atoms with Crippen molar-refractivity contribution in [3.63, 3.8) is 0 Å². The molecule has 0 aliphatic rings. The van der Waals surface area contributed by atoms with E-state index in [0.717, 1.165) is 16.6 Å². The molecule has 30 heavy (non-hydrogen) atoms. The molecule has 162 valence electrons. The van der Waals surface area contributed by atoms with E-state index in [1.54, 1.807) is 31.4 Å². The van der Waals surface area contributed by atoms with Crippen LogP contribution in [-0.4, -0.2) is 43.2 Å². The van der Waals surface area contributed by atoms with Gasteiger partial charge in [0.05, 0.1) is 7.11 Å². The molecule has 0 atom stereocenters. The van der Waals surface area contributed by atoms with Crippen molar-refractivity contribution >= 4 is 33.6 Å². The summed E-state index contributed by atoms with van der Waals surface area (Å²) in [4.78, 5) is 14.7. The van der Waals surface area contributed by atoms with E-state index in [2.05, 4.69) is 53.8 Å². The number of ether oxygens (including phenoxy) is 2. The number of carbonyl (C=O) groups is 1. The smallest absolute Gasteiger partial charge is 0.248 e. The first-order valence-electron chi connectivity index (χ1n) is 10.1. The fraction of sp³-hybridized carbons (Fsp3) is 0.375. The number of anilines is 1. The summed E-state index contributed by atoms with van der Waals surface area (Å²) in [5.74, 6) is 1.04. The van der Waals surface area contributed by atoms with Gasteiger partial charge in [-0.05, 0) is 63.6 Å². The van der Waals surface area contributed by atoms with Gasteiger partial charge >= 0.3 is 0 Å². The van der Waals surface area contributed by atoms with Crippen LogP contribution in [0.1, 0.15) is 33.3 Å². The lowest BCUT2D eigenvalue weighted by Gasteiger charge is -2.30. The third-order valence-electron chi connectivity index (χ3n) is 4.66. The Balaban J connectivity index is 2.00. The SMILES string of the molecule is COc1ccc(NC(=O)/C=C/c2ccc(Br)cc2)cc1OCCN(C(C)C)C(C)C. The Morgan fingerprint density at radius 2 is 1.73 bits per heavy atom. The van der Waals surface area contributed by atoms with Gasteiger partial charge in [-0.25, -0.2) is 0 Å². The predicted molar refractivity (Wildman–Crippen MR) is 127 cm³/mol. The molecule has 0 saturated heterocycles. The van der Waals surface area contributed by atoms with Gasteiger partial charge in [-0.15, -0.1) is 0 Å². The van der Waals surface area contributed by atoms with E-state index in [0.29, 0.717) is 35.9 Å². The van der Waals surface area contributed by atoms with Gasteiger partial charge in [-0.2, -0.15) is 0 Å². The summed E-state index contributed by atoms with van der Waals surface area (Å²) in [6.45, 7) is 10.1. The van der Waals surface area contributed by atoms with E-state index in [1.807, 2.05) is 24.3 Å². The van der Waals surface area contributed by atoms with Crippen molar-refractivity contribution in [2.45, 2.75) is 39.8 Å². The van der Waals surface area contributed by atoms with E-state index in [1.165, 1.54) is 6.08 Å². The molecule has 2 rings (SSSR count). The number of hydrogen-bond acceptors (Lipinski definition) is 4. The van der Waals surface area contributed by atoms with Crippen LogP contribution < -0.4 is 14.8 Å². The van der Waals surface area contributed by atoms with Crippen LogP contribution in [-0.2, 0) is 4.79 Å². The third kappa shape index (κ3) is 7.50. The molecule has 5 nitrogen and oxygen atoms in total. The number of methoxy groups -OCH3 is 1. The summed E-state index contributed by atoms with van der Waals surface area (Å²) in [5.41, 5.74) is 1.60. The molecular weight excluding hydrogens is 444 g/mol. The lowest BCUT2D eigenvalue weighted by atomic mass is 10.2. The van der Waals surface area contributed by atoms with Crippen LogP contribution in [0.15, 0.2) is 53.0 Å². The zero-order chi connectivity index (χ0) is 22.1. The van der Waals surface area contributed by atoms with E-state index in [9.17, 15) is 4.79 Å². The predicted octanol–water partition coefficient (Wildman–Crippen LogP) is 5.61. The van der Waals surface area contributed by atoms with E-state index in [4.69, 9.17) is 9.47 Å². The second-order valence-corrected chi connectivity index (χ2v) is 8.43. The number of nitrogens with one attached hydrogen (secondary N) is 1. The normalized spacial score (nSPS) is 11.5. The molecule has 0 radical (unpaired) electrons. The Morgan fingerprint density at radius 3 is 2.33 bits per heavy atom. The number of carbonyl (C=O) groups excluding carboxylic acids is 1. The summed E-state index contributed by atoms with van der Waals surface area (Å²) in [7, 11) is 1.61. The minimum absolute atomic E-state index is 0.208. The van der Waals surface area contributed by atoms with Crippen LogP contribution in [0.5, 0.6) is 11.5 Å². The highest BCUT2D eigenvalue weighted by Gasteiger charge is 2.14. The summed E-state index contributed by atoms with van der Waals surface area (Å²) in [6.07, 6.45) is 3.28. The van der Waals surface area contributed by atoms with Gasteiger partial charge in [0.25, 0.3) is 0 Å². The zero-order valence-electron chi connectivity index (χ0n) is 18.3. The topological polar surface area (TPSA) is 50.8 Å². The Kier molecular flexibility index (Phi) is 9.40. The van der Waals surface area contributed by atoms with E-state index in [-0.39, 0.29) is 5.91 Å². The fourth-order valence-corrected chi connectivity index (χ4v) is 3.44. The molecule has 6 heteroatoms. The van der Waals surface area contributed by atoms with Gasteiger partial charge in [0, 0.05) is 40.9 Å². The Hall–Kier alpha value is -2.31. The summed E-state index contributed by atoms with van der Waals surface area (Å²) < 4.78 is 12.4. The molecule has 0 bridgehead atoms. The van der Waals surface area contributed by atoms with Gasteiger partial charge in [-0.3, -0.25) is 9.69 Å². The van der Waals surface area contributed by atoms with Crippen LogP contribution in [0.25, 0.3) is 6.08 Å². The van der Waals surface area contributed by atoms with Crippen molar-refractivity contribution in [3.05, 3.63) is 58.6 Å². The third-order valence-corrected chi connectivity index (χ3v) is 5.19. The van der Waals surface area contributed by atoms with Gasteiger partial charge in [0.1, 0.15) is 6.61 Å². The Bertz CT molecular complexity index is 840. The first-order chi connectivity index (χ1) is 14.3. The van der Waals surface area contributed by atoms with Crippen LogP contribution in [0.3, 0.4) is 0 Å². The van der Waals surface area contributed by atoms with Crippen molar-refractivity contribution in [3.8, 4) is 11.5 Å². The van der Waals surface area contributed by atoms with Gasteiger partial charge < -0.3 is 14.8 Å². The first kappa shape index (κ1) is 24.0. The Labute approximate surface area is 188 Å². The molecule has 2 aromatic carbocycles. The number of hydrogen-bond donors (Lipinski definition) is 1. The van der Waals surface area contributed by atoms with Gasteiger partial charge in [-0.1, -0.05) is 28.1 Å². The second kappa shape index (κ2) is 11.8. The highest BCUT2D eigenvalue weighted by Crippen LogP contribution is 2.30. The average molecular weight is 475 g/mol. The van der Waals surface area contributed by atoms with Crippen LogP contribution in [0.4, 0.5) is 5.69 Å². The second-order valence-electron chi connectivity index (χ2n) is 7.51.